The quantitative estimate of drug-likeness (QED) is 0.535. The highest BCUT2D eigenvalue weighted by Gasteiger charge is 2.37. The average molecular weight is 167 g/mol. The maximum atomic E-state index is 2.72. The van der Waals surface area contributed by atoms with Gasteiger partial charge in [0.2, 0.25) is 0 Å². The summed E-state index contributed by atoms with van der Waals surface area (Å²) in [5.74, 6) is 2.83. The number of nitrogens with zero attached hydrogens (tertiary/aromatic N) is 1. The molecule has 2 aliphatic heterocycles. The summed E-state index contributed by atoms with van der Waals surface area (Å²) in [4.78, 5) is 2.72. The molecule has 0 bridgehead atoms. The number of hydrogen-bond donors (Lipinski definition) is 0. The molecule has 0 aromatic rings. The third-order valence-electron chi connectivity index (χ3n) is 4.10. The molecule has 1 heteroatoms. The van der Waals surface area contributed by atoms with Crippen LogP contribution in [-0.4, -0.2) is 24.0 Å². The van der Waals surface area contributed by atoms with Gasteiger partial charge in [-0.25, -0.2) is 0 Å². The molecule has 0 saturated carbocycles. The molecule has 70 valence electrons. The van der Waals surface area contributed by atoms with Crippen LogP contribution in [0.25, 0.3) is 0 Å². The summed E-state index contributed by atoms with van der Waals surface area (Å²) >= 11 is 0. The van der Waals surface area contributed by atoms with Crippen molar-refractivity contribution < 1.29 is 0 Å². The van der Waals surface area contributed by atoms with Crippen molar-refractivity contribution in [3.05, 3.63) is 0 Å². The Labute approximate surface area is 76.1 Å². The van der Waals surface area contributed by atoms with Gasteiger partial charge in [-0.2, -0.15) is 0 Å². The monoisotopic (exact) mass is 167 g/mol. The van der Waals surface area contributed by atoms with Gasteiger partial charge in [0.25, 0.3) is 0 Å². The van der Waals surface area contributed by atoms with E-state index < -0.39 is 0 Å². The lowest BCUT2D eigenvalue weighted by atomic mass is 9.82. The van der Waals surface area contributed by atoms with Gasteiger partial charge in [-0.3, -0.25) is 4.90 Å². The molecule has 1 nitrogen and oxygen atoms in total. The fourth-order valence-electron chi connectivity index (χ4n) is 2.86. The van der Waals surface area contributed by atoms with E-state index in [9.17, 15) is 0 Å². The number of rotatable bonds is 0. The zero-order valence-electron chi connectivity index (χ0n) is 8.59. The van der Waals surface area contributed by atoms with Crippen LogP contribution in [0, 0.1) is 17.8 Å². The van der Waals surface area contributed by atoms with Crippen LogP contribution >= 0.6 is 0 Å². The van der Waals surface area contributed by atoms with Crippen molar-refractivity contribution in [2.45, 2.75) is 39.7 Å². The van der Waals surface area contributed by atoms with Gasteiger partial charge in [0, 0.05) is 12.6 Å². The fraction of sp³-hybridized carbons (Fsp3) is 1.00. The molecular weight excluding hydrogens is 146 g/mol. The highest BCUT2D eigenvalue weighted by Crippen LogP contribution is 2.36. The molecule has 0 aromatic heterocycles. The molecular formula is C11H21N. The molecule has 4 atom stereocenters. The van der Waals surface area contributed by atoms with E-state index in [1.807, 2.05) is 0 Å². The van der Waals surface area contributed by atoms with Gasteiger partial charge < -0.3 is 0 Å². The standard InChI is InChI=1S/C11H21N/c1-8-4-5-12-7-10(3)9(2)6-11(8)12/h8-11H,4-7H2,1-3H3/t8-,9-,10-,11-/m0/s1. The van der Waals surface area contributed by atoms with Crippen LogP contribution in [0.3, 0.4) is 0 Å². The third kappa shape index (κ3) is 1.28. The topological polar surface area (TPSA) is 3.24 Å². The van der Waals surface area contributed by atoms with E-state index in [1.165, 1.54) is 25.9 Å². The fourth-order valence-corrected chi connectivity index (χ4v) is 2.86. The summed E-state index contributed by atoms with van der Waals surface area (Å²) < 4.78 is 0. The van der Waals surface area contributed by atoms with E-state index in [4.69, 9.17) is 0 Å². The molecule has 2 saturated heterocycles. The zero-order valence-corrected chi connectivity index (χ0v) is 8.59. The Hall–Kier alpha value is -0.0400. The first-order valence-electron chi connectivity index (χ1n) is 5.42. The Morgan fingerprint density at radius 2 is 1.75 bits per heavy atom. The highest BCUT2D eigenvalue weighted by atomic mass is 15.2. The van der Waals surface area contributed by atoms with Gasteiger partial charge in [-0.05, 0) is 37.1 Å². The van der Waals surface area contributed by atoms with Crippen molar-refractivity contribution in [1.82, 2.24) is 4.90 Å². The van der Waals surface area contributed by atoms with Crippen molar-refractivity contribution in [3.8, 4) is 0 Å². The summed E-state index contributed by atoms with van der Waals surface area (Å²) in [6.45, 7) is 9.98. The lowest BCUT2D eigenvalue weighted by molar-refractivity contribution is 0.0960. The molecule has 0 unspecified atom stereocenters. The van der Waals surface area contributed by atoms with Crippen LogP contribution in [0.5, 0.6) is 0 Å². The molecule has 0 spiro atoms. The highest BCUT2D eigenvalue weighted by molar-refractivity contribution is 4.91. The molecule has 2 aliphatic rings. The maximum Gasteiger partial charge on any atom is 0.0124 e. The second kappa shape index (κ2) is 3.02. The lowest BCUT2D eigenvalue weighted by Gasteiger charge is -2.39. The first kappa shape index (κ1) is 8.55. The Balaban J connectivity index is 2.04. The van der Waals surface area contributed by atoms with Gasteiger partial charge in [-0.1, -0.05) is 20.8 Å². The summed E-state index contributed by atoms with van der Waals surface area (Å²) in [6, 6.07) is 0.927. The third-order valence-corrected chi connectivity index (χ3v) is 4.10. The Morgan fingerprint density at radius 3 is 2.50 bits per heavy atom. The minimum atomic E-state index is 0.923. The van der Waals surface area contributed by atoms with E-state index in [0.717, 1.165) is 23.8 Å². The van der Waals surface area contributed by atoms with Crippen LogP contribution in [-0.2, 0) is 0 Å². The van der Waals surface area contributed by atoms with Crippen molar-refractivity contribution in [2.24, 2.45) is 17.8 Å². The second-order valence-corrected chi connectivity index (χ2v) is 5.02. The molecule has 0 radical (unpaired) electrons. The van der Waals surface area contributed by atoms with Crippen LogP contribution in [0.15, 0.2) is 0 Å². The van der Waals surface area contributed by atoms with Crippen LogP contribution in [0.4, 0.5) is 0 Å². The first-order valence-corrected chi connectivity index (χ1v) is 5.42. The largest absolute Gasteiger partial charge is 0.300 e. The SMILES string of the molecule is C[C@H]1C[C@H]2[C@@H](C)CCN2C[C@@H]1C. The van der Waals surface area contributed by atoms with Crippen molar-refractivity contribution in [1.29, 1.82) is 0 Å². The van der Waals surface area contributed by atoms with Gasteiger partial charge in [0.1, 0.15) is 0 Å². The van der Waals surface area contributed by atoms with Gasteiger partial charge in [0.05, 0.1) is 0 Å². The minimum absolute atomic E-state index is 0.923. The van der Waals surface area contributed by atoms with Crippen LogP contribution in [0.2, 0.25) is 0 Å². The second-order valence-electron chi connectivity index (χ2n) is 5.02. The molecule has 12 heavy (non-hydrogen) atoms. The molecule has 0 aromatic carbocycles. The Bertz CT molecular complexity index is 166. The van der Waals surface area contributed by atoms with E-state index in [2.05, 4.69) is 25.7 Å². The zero-order chi connectivity index (χ0) is 8.72. The van der Waals surface area contributed by atoms with E-state index >= 15 is 0 Å². The predicted molar refractivity (Wildman–Crippen MR) is 52.1 cm³/mol. The van der Waals surface area contributed by atoms with Gasteiger partial charge in [0.15, 0.2) is 0 Å². The van der Waals surface area contributed by atoms with E-state index in [1.54, 1.807) is 0 Å². The molecule has 2 fully saturated rings. The Kier molecular flexibility index (Phi) is 2.16. The Morgan fingerprint density at radius 1 is 1.00 bits per heavy atom. The first-order chi connectivity index (χ1) is 5.68. The van der Waals surface area contributed by atoms with E-state index in [0.29, 0.717) is 0 Å². The number of piperidine rings is 1. The summed E-state index contributed by atoms with van der Waals surface area (Å²) in [5.41, 5.74) is 0. The van der Waals surface area contributed by atoms with E-state index in [-0.39, 0.29) is 0 Å². The average Bonchev–Trinajstić information content (AvgIpc) is 2.35. The maximum absolute atomic E-state index is 2.72. The summed E-state index contributed by atoms with van der Waals surface area (Å²) in [5, 5.41) is 0. The molecule has 0 N–H and O–H groups in total. The number of hydrogen-bond acceptors (Lipinski definition) is 1. The van der Waals surface area contributed by atoms with Crippen molar-refractivity contribution in [3.63, 3.8) is 0 Å². The summed E-state index contributed by atoms with van der Waals surface area (Å²) in [7, 11) is 0. The van der Waals surface area contributed by atoms with Gasteiger partial charge >= 0.3 is 0 Å². The smallest absolute Gasteiger partial charge is 0.0124 e. The van der Waals surface area contributed by atoms with Crippen LogP contribution in [0.1, 0.15) is 33.6 Å². The molecule has 2 rings (SSSR count). The molecule has 0 amide bonds. The predicted octanol–water partition coefficient (Wildman–Crippen LogP) is 2.37. The molecule has 2 heterocycles. The summed E-state index contributed by atoms with van der Waals surface area (Å²) in [6.07, 6.45) is 2.88. The van der Waals surface area contributed by atoms with Gasteiger partial charge in [-0.15, -0.1) is 0 Å². The normalized spacial score (nSPS) is 49.2. The number of fused-ring (bicyclic) bond motifs is 1. The molecule has 0 aliphatic carbocycles. The lowest BCUT2D eigenvalue weighted by Crippen LogP contribution is -2.43. The van der Waals surface area contributed by atoms with Crippen LogP contribution < -0.4 is 0 Å². The minimum Gasteiger partial charge on any atom is -0.300 e. The van der Waals surface area contributed by atoms with Crippen molar-refractivity contribution in [2.75, 3.05) is 13.1 Å². The van der Waals surface area contributed by atoms with Crippen molar-refractivity contribution >= 4 is 0 Å².